The highest BCUT2D eigenvalue weighted by Crippen LogP contribution is 2.38. The van der Waals surface area contributed by atoms with E-state index in [0.29, 0.717) is 5.65 Å². The maximum atomic E-state index is 12.5. The van der Waals surface area contributed by atoms with Crippen LogP contribution in [-0.2, 0) is 13.2 Å². The zero-order valence-corrected chi connectivity index (χ0v) is 7.31. The van der Waals surface area contributed by atoms with Gasteiger partial charge in [0.25, 0.3) is 0 Å². The highest BCUT2D eigenvalue weighted by Gasteiger charge is 2.37. The molecular formula is C8H8F3N3. The van der Waals surface area contributed by atoms with Crippen molar-refractivity contribution >= 4 is 16.9 Å². The van der Waals surface area contributed by atoms with Crippen molar-refractivity contribution in [3.05, 3.63) is 17.8 Å². The second-order valence-corrected chi connectivity index (χ2v) is 3.10. The molecule has 0 aliphatic rings. The Morgan fingerprint density at radius 1 is 1.43 bits per heavy atom. The minimum Gasteiger partial charge on any atom is -0.385 e. The van der Waals surface area contributed by atoms with Crippen molar-refractivity contribution in [2.75, 3.05) is 5.73 Å². The van der Waals surface area contributed by atoms with Crippen LogP contribution in [0, 0.1) is 0 Å². The van der Waals surface area contributed by atoms with Crippen molar-refractivity contribution in [2.24, 2.45) is 7.05 Å². The summed E-state index contributed by atoms with van der Waals surface area (Å²) >= 11 is 0. The molecule has 2 heterocycles. The smallest absolute Gasteiger partial charge is 0.385 e. The molecule has 0 aliphatic carbocycles. The van der Waals surface area contributed by atoms with Gasteiger partial charge in [-0.25, -0.2) is 0 Å². The Labute approximate surface area is 77.3 Å². The summed E-state index contributed by atoms with van der Waals surface area (Å²) < 4.78 is 39.1. The lowest BCUT2D eigenvalue weighted by Gasteiger charge is -2.04. The van der Waals surface area contributed by atoms with Gasteiger partial charge in [-0.05, 0) is 6.07 Å². The van der Waals surface area contributed by atoms with Gasteiger partial charge in [-0.2, -0.15) is 13.2 Å². The number of nitrogens with zero attached hydrogens (tertiary/aromatic N) is 1. The molecule has 0 aromatic carbocycles. The first-order valence-electron chi connectivity index (χ1n) is 3.91. The van der Waals surface area contributed by atoms with Crippen LogP contribution >= 0.6 is 0 Å². The van der Waals surface area contributed by atoms with Gasteiger partial charge < -0.3 is 15.3 Å². The summed E-state index contributed by atoms with van der Waals surface area (Å²) in [4.78, 5) is 2.50. The van der Waals surface area contributed by atoms with Crippen LogP contribution in [0.5, 0.6) is 0 Å². The zero-order chi connectivity index (χ0) is 10.5. The lowest BCUT2D eigenvalue weighted by atomic mass is 10.2. The number of halogens is 3. The van der Waals surface area contributed by atoms with Gasteiger partial charge in [-0.15, -0.1) is 0 Å². The molecule has 14 heavy (non-hydrogen) atoms. The summed E-state index contributed by atoms with van der Waals surface area (Å²) in [5, 5.41) is 0.109. The van der Waals surface area contributed by atoms with Crippen LogP contribution in [0.2, 0.25) is 0 Å². The Hall–Kier alpha value is -1.59. The number of aromatic amines is 1. The minimum absolute atomic E-state index is 0.109. The molecule has 0 saturated heterocycles. The molecule has 0 bridgehead atoms. The van der Waals surface area contributed by atoms with Crippen LogP contribution in [-0.4, -0.2) is 9.55 Å². The number of H-pyrrole nitrogens is 1. The van der Waals surface area contributed by atoms with Crippen molar-refractivity contribution in [3.63, 3.8) is 0 Å². The highest BCUT2D eigenvalue weighted by atomic mass is 19.4. The molecular weight excluding hydrogens is 195 g/mol. The number of hydrogen-bond donors (Lipinski definition) is 2. The van der Waals surface area contributed by atoms with Gasteiger partial charge in [0, 0.05) is 18.6 Å². The molecule has 6 heteroatoms. The second-order valence-electron chi connectivity index (χ2n) is 3.10. The van der Waals surface area contributed by atoms with E-state index in [2.05, 4.69) is 4.98 Å². The standard InChI is InChI=1S/C8H8F3N3/c1-14-3-2-4-5(8(9,10)11)6(12)13-7(4)14/h2-3,13H,12H2,1H3. The maximum absolute atomic E-state index is 12.5. The second kappa shape index (κ2) is 2.46. The Morgan fingerprint density at radius 3 is 2.64 bits per heavy atom. The summed E-state index contributed by atoms with van der Waals surface area (Å²) in [5.41, 5.74) is 4.86. The molecule has 3 nitrogen and oxygen atoms in total. The van der Waals surface area contributed by atoms with Crippen LogP contribution in [0.15, 0.2) is 12.3 Å². The highest BCUT2D eigenvalue weighted by molar-refractivity contribution is 5.87. The first kappa shape index (κ1) is 8.98. The Balaban J connectivity index is 2.81. The summed E-state index contributed by atoms with van der Waals surface area (Å²) in [7, 11) is 1.65. The lowest BCUT2D eigenvalue weighted by Crippen LogP contribution is -2.07. The van der Waals surface area contributed by atoms with Crippen LogP contribution in [0.3, 0.4) is 0 Å². The third-order valence-electron chi connectivity index (χ3n) is 2.15. The Bertz CT molecular complexity index is 478. The molecule has 0 radical (unpaired) electrons. The maximum Gasteiger partial charge on any atom is 0.420 e. The van der Waals surface area contributed by atoms with E-state index in [9.17, 15) is 13.2 Å². The SMILES string of the molecule is Cn1ccc2c(C(F)(F)F)c(N)[nH]c21. The molecule has 0 fully saturated rings. The van der Waals surface area contributed by atoms with Crippen LogP contribution in [0.4, 0.5) is 19.0 Å². The minimum atomic E-state index is -4.41. The largest absolute Gasteiger partial charge is 0.420 e. The van der Waals surface area contributed by atoms with E-state index in [1.807, 2.05) is 0 Å². The first-order chi connectivity index (χ1) is 6.41. The van der Waals surface area contributed by atoms with E-state index in [1.54, 1.807) is 17.8 Å². The third kappa shape index (κ3) is 1.07. The van der Waals surface area contributed by atoms with Gasteiger partial charge in [-0.3, -0.25) is 0 Å². The number of nitrogen functional groups attached to an aromatic ring is 1. The third-order valence-corrected chi connectivity index (χ3v) is 2.15. The van der Waals surface area contributed by atoms with E-state index in [4.69, 9.17) is 5.73 Å². The number of aryl methyl sites for hydroxylation is 1. The fourth-order valence-electron chi connectivity index (χ4n) is 1.53. The van der Waals surface area contributed by atoms with E-state index < -0.39 is 11.7 Å². The summed E-state index contributed by atoms with van der Waals surface area (Å²) in [6.07, 6.45) is -2.86. The summed E-state index contributed by atoms with van der Waals surface area (Å²) in [5.74, 6) is -0.335. The molecule has 0 saturated carbocycles. The van der Waals surface area contributed by atoms with E-state index in [1.165, 1.54) is 6.07 Å². The zero-order valence-electron chi connectivity index (χ0n) is 7.31. The number of hydrogen-bond acceptors (Lipinski definition) is 1. The van der Waals surface area contributed by atoms with Crippen molar-refractivity contribution < 1.29 is 13.2 Å². The van der Waals surface area contributed by atoms with Gasteiger partial charge >= 0.3 is 6.18 Å². The Kier molecular flexibility index (Phi) is 1.58. The fraction of sp³-hybridized carbons (Fsp3) is 0.250. The first-order valence-corrected chi connectivity index (χ1v) is 3.91. The number of fused-ring (bicyclic) bond motifs is 1. The van der Waals surface area contributed by atoms with Gasteiger partial charge in [0.1, 0.15) is 17.0 Å². The van der Waals surface area contributed by atoms with E-state index in [0.717, 1.165) is 0 Å². The molecule has 0 aliphatic heterocycles. The summed E-state index contributed by atoms with van der Waals surface area (Å²) in [6, 6.07) is 1.39. The van der Waals surface area contributed by atoms with Gasteiger partial charge in [0.05, 0.1) is 0 Å². The van der Waals surface area contributed by atoms with Gasteiger partial charge in [0.2, 0.25) is 0 Å². The van der Waals surface area contributed by atoms with E-state index in [-0.39, 0.29) is 11.2 Å². The van der Waals surface area contributed by atoms with Crippen molar-refractivity contribution in [1.29, 1.82) is 0 Å². The molecule has 0 atom stereocenters. The Morgan fingerprint density at radius 2 is 2.07 bits per heavy atom. The quantitative estimate of drug-likeness (QED) is 0.676. The van der Waals surface area contributed by atoms with Gasteiger partial charge in [0.15, 0.2) is 0 Å². The van der Waals surface area contributed by atoms with Crippen LogP contribution in [0.25, 0.3) is 11.0 Å². The lowest BCUT2D eigenvalue weighted by molar-refractivity contribution is -0.135. The van der Waals surface area contributed by atoms with E-state index >= 15 is 0 Å². The normalized spacial score (nSPS) is 12.6. The predicted molar refractivity (Wildman–Crippen MR) is 46.7 cm³/mol. The monoisotopic (exact) mass is 203 g/mol. The van der Waals surface area contributed by atoms with Crippen molar-refractivity contribution in [3.8, 4) is 0 Å². The number of aromatic nitrogens is 2. The number of alkyl halides is 3. The number of rotatable bonds is 0. The molecule has 0 amide bonds. The molecule has 2 aromatic heterocycles. The fourth-order valence-corrected chi connectivity index (χ4v) is 1.53. The molecule has 2 rings (SSSR count). The molecule has 0 unspecified atom stereocenters. The average molecular weight is 203 g/mol. The molecule has 2 aromatic rings. The van der Waals surface area contributed by atoms with Crippen LogP contribution < -0.4 is 5.73 Å². The summed E-state index contributed by atoms with van der Waals surface area (Å²) in [6.45, 7) is 0. The van der Waals surface area contributed by atoms with Gasteiger partial charge in [-0.1, -0.05) is 0 Å². The molecule has 0 spiro atoms. The van der Waals surface area contributed by atoms with Crippen molar-refractivity contribution in [1.82, 2.24) is 9.55 Å². The van der Waals surface area contributed by atoms with Crippen molar-refractivity contribution in [2.45, 2.75) is 6.18 Å². The number of nitrogens with one attached hydrogen (secondary N) is 1. The van der Waals surface area contributed by atoms with Crippen LogP contribution in [0.1, 0.15) is 5.56 Å². The number of nitrogens with two attached hydrogens (primary N) is 1. The average Bonchev–Trinajstić information content (AvgIpc) is 2.49. The number of anilines is 1. The predicted octanol–water partition coefficient (Wildman–Crippen LogP) is 2.11. The molecule has 3 N–H and O–H groups in total. The topological polar surface area (TPSA) is 46.7 Å². The molecule has 76 valence electrons.